The van der Waals surface area contributed by atoms with Gasteiger partial charge in [0.1, 0.15) is 0 Å². The Labute approximate surface area is 194 Å². The van der Waals surface area contributed by atoms with Gasteiger partial charge in [0, 0.05) is 22.7 Å². The smallest absolute Gasteiger partial charge is 0.305 e. The number of carboxylic acid groups (broad SMARTS) is 1. The van der Waals surface area contributed by atoms with Crippen molar-refractivity contribution in [1.82, 2.24) is 10.6 Å². The van der Waals surface area contributed by atoms with Crippen LogP contribution in [-0.4, -0.2) is 68.9 Å². The number of nitrogens with one attached hydrogen (secondary N) is 2. The zero-order valence-corrected chi connectivity index (χ0v) is 19.5. The molecule has 10 nitrogen and oxygen atoms in total. The number of hydrogen-bond acceptors (Lipinski definition) is 5. The van der Waals surface area contributed by atoms with Crippen LogP contribution in [0.1, 0.15) is 44.9 Å². The van der Waals surface area contributed by atoms with E-state index in [0.29, 0.717) is 25.7 Å². The van der Waals surface area contributed by atoms with E-state index in [4.69, 9.17) is 23.1 Å². The molecule has 0 heterocycles. The molecule has 0 aromatic carbocycles. The van der Waals surface area contributed by atoms with Crippen molar-refractivity contribution in [3.05, 3.63) is 0 Å². The average molecular weight is 525 g/mol. The third-order valence-electron chi connectivity index (χ3n) is 5.85. The van der Waals surface area contributed by atoms with Crippen molar-refractivity contribution in [1.29, 1.82) is 0 Å². The summed E-state index contributed by atoms with van der Waals surface area (Å²) in [4.78, 5) is 40.4. The summed E-state index contributed by atoms with van der Waals surface area (Å²) in [6.07, 6.45) is 2.53. The van der Waals surface area contributed by atoms with E-state index in [2.05, 4.69) is 31.6 Å². The fourth-order valence-corrected chi connectivity index (χ4v) is 5.83. The van der Waals surface area contributed by atoms with Crippen molar-refractivity contribution < 1.29 is 24.6 Å². The first-order chi connectivity index (χ1) is 14.6. The molecule has 0 bridgehead atoms. The summed E-state index contributed by atoms with van der Waals surface area (Å²) >= 11 is 9.66. The Hall–Kier alpha value is -1.59. The topological polar surface area (TPSA) is 180 Å². The Morgan fingerprint density at radius 1 is 1.19 bits per heavy atom. The number of aliphatic imine (C=N–C) groups is 1. The van der Waals surface area contributed by atoms with E-state index in [1.54, 1.807) is 0 Å². The minimum Gasteiger partial charge on any atom is -0.481 e. The lowest BCUT2D eigenvalue weighted by Gasteiger charge is -2.38. The van der Waals surface area contributed by atoms with Crippen LogP contribution < -0.4 is 22.1 Å². The Morgan fingerprint density at radius 3 is 2.55 bits per heavy atom. The largest absolute Gasteiger partial charge is 0.481 e. The first-order valence-corrected chi connectivity index (χ1v) is 11.8. The normalized spacial score (nSPS) is 31.8. The Bertz CT molecular complexity index is 693. The molecule has 2 saturated carbocycles. The third-order valence-corrected chi connectivity index (χ3v) is 7.03. The second-order valence-corrected chi connectivity index (χ2v) is 10.2. The highest BCUT2D eigenvalue weighted by molar-refractivity contribution is 9.09. The lowest BCUT2D eigenvalue weighted by Crippen LogP contribution is -2.53. The van der Waals surface area contributed by atoms with Gasteiger partial charge in [0.15, 0.2) is 5.96 Å². The minimum atomic E-state index is -1.10. The number of carbonyl (C=O) groups is 3. The molecule has 0 aliphatic heterocycles. The number of alkyl halides is 2. The Balaban J connectivity index is 1.91. The number of halogens is 2. The molecular weight excluding hydrogens is 494 g/mol. The molecule has 7 unspecified atom stereocenters. The molecule has 2 aliphatic carbocycles. The number of aliphatic hydroxyl groups is 1. The van der Waals surface area contributed by atoms with Gasteiger partial charge in [0.2, 0.25) is 11.8 Å². The van der Waals surface area contributed by atoms with E-state index in [0.717, 1.165) is 12.8 Å². The number of carboxylic acids is 1. The summed E-state index contributed by atoms with van der Waals surface area (Å²) in [5, 5.41) is 24.4. The third kappa shape index (κ3) is 8.12. The van der Waals surface area contributed by atoms with Gasteiger partial charge in [0.25, 0.3) is 0 Å². The van der Waals surface area contributed by atoms with Gasteiger partial charge in [-0.15, -0.1) is 11.6 Å². The zero-order chi connectivity index (χ0) is 23.1. The molecule has 0 aromatic heterocycles. The van der Waals surface area contributed by atoms with Crippen LogP contribution in [0.15, 0.2) is 4.99 Å². The van der Waals surface area contributed by atoms with Crippen molar-refractivity contribution >= 4 is 51.3 Å². The predicted octanol–water partition coefficient (Wildman–Crippen LogP) is 0.0361. The molecule has 2 amide bonds. The highest BCUT2D eigenvalue weighted by atomic mass is 79.9. The van der Waals surface area contributed by atoms with Gasteiger partial charge in [-0.2, -0.15) is 0 Å². The molecule has 7 atom stereocenters. The van der Waals surface area contributed by atoms with Gasteiger partial charge < -0.3 is 32.3 Å². The van der Waals surface area contributed by atoms with Gasteiger partial charge in [-0.05, 0) is 32.1 Å². The van der Waals surface area contributed by atoms with E-state index < -0.39 is 35.3 Å². The molecule has 0 radical (unpaired) electrons. The molecule has 2 rings (SSSR count). The van der Waals surface area contributed by atoms with E-state index in [1.165, 1.54) is 0 Å². The van der Waals surface area contributed by atoms with Gasteiger partial charge in [-0.3, -0.25) is 19.4 Å². The second kappa shape index (κ2) is 11.9. The maximum atomic E-state index is 12.5. The van der Waals surface area contributed by atoms with E-state index in [1.807, 2.05) is 0 Å². The van der Waals surface area contributed by atoms with Crippen LogP contribution in [0.2, 0.25) is 0 Å². The van der Waals surface area contributed by atoms with Crippen LogP contribution in [0.3, 0.4) is 0 Å². The molecule has 0 spiro atoms. The predicted molar refractivity (Wildman–Crippen MR) is 120 cm³/mol. The van der Waals surface area contributed by atoms with Crippen LogP contribution in [0.25, 0.3) is 0 Å². The molecule has 0 saturated heterocycles. The monoisotopic (exact) mass is 523 g/mol. The summed E-state index contributed by atoms with van der Waals surface area (Å²) in [7, 11) is 0. The minimum absolute atomic E-state index is 0.00953. The summed E-state index contributed by atoms with van der Waals surface area (Å²) in [5.74, 6) is -2.71. The molecule has 0 aromatic rings. The van der Waals surface area contributed by atoms with Crippen molar-refractivity contribution in [2.45, 2.75) is 73.3 Å². The van der Waals surface area contributed by atoms with Crippen molar-refractivity contribution in [3.8, 4) is 0 Å². The SMILES string of the molecule is NC(N)=NC1CCCC(C(=O)NCC(=O)NC(CC(=O)O)C2CC(Br)CC(Cl)C2O)C1. The quantitative estimate of drug-likeness (QED) is 0.147. The van der Waals surface area contributed by atoms with E-state index in [9.17, 15) is 24.6 Å². The molecule has 12 heteroatoms. The Morgan fingerprint density at radius 2 is 1.90 bits per heavy atom. The number of amides is 2. The number of hydrogen-bond donors (Lipinski definition) is 6. The number of carbonyl (C=O) groups excluding carboxylic acids is 2. The van der Waals surface area contributed by atoms with Crippen LogP contribution >= 0.6 is 27.5 Å². The number of rotatable bonds is 8. The lowest BCUT2D eigenvalue weighted by molar-refractivity contribution is -0.139. The maximum Gasteiger partial charge on any atom is 0.305 e. The van der Waals surface area contributed by atoms with Crippen LogP contribution in [-0.2, 0) is 14.4 Å². The summed E-state index contributed by atoms with van der Waals surface area (Å²) in [6.45, 7) is -0.288. The molecule has 8 N–H and O–H groups in total. The summed E-state index contributed by atoms with van der Waals surface area (Å²) in [6, 6.07) is -0.920. The lowest BCUT2D eigenvalue weighted by atomic mass is 9.80. The number of nitrogens with two attached hydrogens (primary N) is 2. The first kappa shape index (κ1) is 25.7. The van der Waals surface area contributed by atoms with Crippen molar-refractivity contribution in [2.24, 2.45) is 28.3 Å². The summed E-state index contributed by atoms with van der Waals surface area (Å²) in [5.41, 5.74) is 10.8. The Kier molecular flexibility index (Phi) is 9.83. The highest BCUT2D eigenvalue weighted by Crippen LogP contribution is 2.35. The van der Waals surface area contributed by atoms with Crippen LogP contribution in [0, 0.1) is 11.8 Å². The highest BCUT2D eigenvalue weighted by Gasteiger charge is 2.40. The van der Waals surface area contributed by atoms with E-state index in [-0.39, 0.29) is 41.6 Å². The maximum absolute atomic E-state index is 12.5. The van der Waals surface area contributed by atoms with Crippen LogP contribution in [0.5, 0.6) is 0 Å². The standard InChI is InChI=1S/C19H31BrClN5O5/c20-10-5-12(17(30)13(21)6-10)14(7-16(28)29)26-15(27)8-24-18(31)9-2-1-3-11(4-9)25-19(22)23/h9-14,17,30H,1-8H2,(H,24,31)(H,26,27)(H,28,29)(H4,22,23,25). The number of guanidine groups is 1. The van der Waals surface area contributed by atoms with Crippen LogP contribution in [0.4, 0.5) is 0 Å². The molecule has 176 valence electrons. The second-order valence-electron chi connectivity index (χ2n) is 8.30. The average Bonchev–Trinajstić information content (AvgIpc) is 2.67. The zero-order valence-electron chi connectivity index (χ0n) is 17.2. The van der Waals surface area contributed by atoms with Gasteiger partial charge in [-0.25, -0.2) is 0 Å². The fourth-order valence-electron chi connectivity index (χ4n) is 4.38. The number of aliphatic hydroxyl groups excluding tert-OH is 1. The molecular formula is C19H31BrClN5O5. The van der Waals surface area contributed by atoms with Gasteiger partial charge in [0.05, 0.1) is 30.5 Å². The number of aliphatic carboxylic acids is 1. The molecule has 2 aliphatic rings. The molecule has 2 fully saturated rings. The van der Waals surface area contributed by atoms with Crippen molar-refractivity contribution in [2.75, 3.05) is 6.54 Å². The molecule has 31 heavy (non-hydrogen) atoms. The van der Waals surface area contributed by atoms with Gasteiger partial charge in [-0.1, -0.05) is 22.4 Å². The number of nitrogens with zero attached hydrogens (tertiary/aromatic N) is 1. The fraction of sp³-hybridized carbons (Fsp3) is 0.789. The van der Waals surface area contributed by atoms with E-state index >= 15 is 0 Å². The van der Waals surface area contributed by atoms with Gasteiger partial charge >= 0.3 is 5.97 Å². The first-order valence-electron chi connectivity index (χ1n) is 10.4. The van der Waals surface area contributed by atoms with Crippen molar-refractivity contribution in [3.63, 3.8) is 0 Å². The summed E-state index contributed by atoms with van der Waals surface area (Å²) < 4.78 is 0.